The van der Waals surface area contributed by atoms with Crippen LogP contribution in [0.15, 0.2) is 35.2 Å². The highest BCUT2D eigenvalue weighted by Gasteiger charge is 2.31. The number of amides is 2. The molecule has 1 aliphatic rings. The van der Waals surface area contributed by atoms with Gasteiger partial charge in [0.15, 0.2) is 5.82 Å². The normalized spacial score (nSPS) is 14.8. The Hall–Kier alpha value is -3.52. The number of urea groups is 1. The Morgan fingerprint density at radius 3 is 2.48 bits per heavy atom. The minimum atomic E-state index is -3.94. The maximum absolute atomic E-state index is 12.8. The first-order valence-electron chi connectivity index (χ1n) is 9.06. The topological polar surface area (TPSA) is 157 Å². The minimum absolute atomic E-state index is 0.0219. The van der Waals surface area contributed by atoms with Gasteiger partial charge in [-0.15, -0.1) is 0 Å². The molecule has 0 aliphatic carbocycles. The predicted octanol–water partition coefficient (Wildman–Crippen LogP) is 0.653. The fourth-order valence-electron chi connectivity index (χ4n) is 3.05. The van der Waals surface area contributed by atoms with E-state index in [1.54, 1.807) is 0 Å². The highest BCUT2D eigenvalue weighted by molar-refractivity contribution is 7.89. The van der Waals surface area contributed by atoms with E-state index in [0.717, 1.165) is 6.07 Å². The van der Waals surface area contributed by atoms with Crippen LogP contribution in [0.25, 0.3) is 0 Å². The lowest BCUT2D eigenvalue weighted by molar-refractivity contribution is -0.385. The predicted molar refractivity (Wildman–Crippen MR) is 107 cm³/mol. The zero-order valence-corrected chi connectivity index (χ0v) is 17.5. The monoisotopic (exact) mass is 452 g/mol. The second-order valence-corrected chi connectivity index (χ2v) is 8.54. The Labute approximate surface area is 177 Å². The lowest BCUT2D eigenvalue weighted by Gasteiger charge is -2.33. The molecule has 0 bridgehead atoms. The number of carbonyl (C=O) groups excluding carboxylic acids is 2. The Balaban J connectivity index is 1.64. The van der Waals surface area contributed by atoms with Crippen LogP contribution in [-0.4, -0.2) is 77.6 Å². The van der Waals surface area contributed by atoms with Crippen molar-refractivity contribution in [2.75, 3.05) is 38.6 Å². The van der Waals surface area contributed by atoms with Gasteiger partial charge in [-0.05, 0) is 6.07 Å². The average molecular weight is 452 g/mol. The number of hydrogen-bond donors (Lipinski definition) is 1. The molecule has 2 aromatic rings. The number of sulfonamides is 1. The largest absolute Gasteiger partial charge is 0.464 e. The van der Waals surface area contributed by atoms with Crippen LogP contribution in [0.2, 0.25) is 0 Å². The lowest BCUT2D eigenvalue weighted by Crippen LogP contribution is -2.51. The molecule has 2 amide bonds. The molecule has 2 heterocycles. The third kappa shape index (κ3) is 4.64. The van der Waals surface area contributed by atoms with E-state index in [9.17, 15) is 28.1 Å². The first-order chi connectivity index (χ1) is 14.6. The zero-order valence-electron chi connectivity index (χ0n) is 16.7. The third-order valence-electron chi connectivity index (χ3n) is 4.70. The fourth-order valence-corrected chi connectivity index (χ4v) is 4.51. The summed E-state index contributed by atoms with van der Waals surface area (Å²) in [5.74, 6) is -0.449. The summed E-state index contributed by atoms with van der Waals surface area (Å²) >= 11 is 0. The molecule has 0 atom stereocenters. The Bertz CT molecular complexity index is 1120. The van der Waals surface area contributed by atoms with E-state index in [1.165, 1.54) is 52.3 Å². The molecule has 0 radical (unpaired) electrons. The zero-order chi connectivity index (χ0) is 22.8. The molecule has 14 heteroatoms. The van der Waals surface area contributed by atoms with Gasteiger partial charge in [-0.1, -0.05) is 6.07 Å². The van der Waals surface area contributed by atoms with Crippen molar-refractivity contribution in [3.05, 3.63) is 46.1 Å². The molecule has 0 unspecified atom stereocenters. The summed E-state index contributed by atoms with van der Waals surface area (Å²) in [6.45, 7) is 0.259. The third-order valence-corrected chi connectivity index (χ3v) is 6.60. The SMILES string of the molecule is COC(=O)c1cc(NC(=O)N2CCN(S(=O)(=O)c3cccc([N+](=O)[O-])c3)CC2)nn1C. The fraction of sp³-hybridized carbons (Fsp3) is 0.353. The van der Waals surface area contributed by atoms with Crippen molar-refractivity contribution in [3.63, 3.8) is 0 Å². The number of aryl methyl sites for hydroxylation is 1. The summed E-state index contributed by atoms with van der Waals surface area (Å²) in [5.41, 5.74) is -0.161. The highest BCUT2D eigenvalue weighted by Crippen LogP contribution is 2.22. The number of ether oxygens (including phenoxy) is 1. The number of carbonyl (C=O) groups is 2. The van der Waals surface area contributed by atoms with Crippen molar-refractivity contribution in [1.82, 2.24) is 19.0 Å². The smallest absolute Gasteiger partial charge is 0.356 e. The van der Waals surface area contributed by atoms with Gasteiger partial charge in [-0.25, -0.2) is 18.0 Å². The molecule has 1 aromatic carbocycles. The molecular weight excluding hydrogens is 432 g/mol. The van der Waals surface area contributed by atoms with Crippen molar-refractivity contribution in [2.24, 2.45) is 7.05 Å². The summed E-state index contributed by atoms with van der Waals surface area (Å²) in [6.07, 6.45) is 0. The van der Waals surface area contributed by atoms with E-state index >= 15 is 0 Å². The quantitative estimate of drug-likeness (QED) is 0.394. The van der Waals surface area contributed by atoms with E-state index in [0.29, 0.717) is 0 Å². The van der Waals surface area contributed by atoms with Gasteiger partial charge in [0.25, 0.3) is 5.69 Å². The Morgan fingerprint density at radius 1 is 1.19 bits per heavy atom. The van der Waals surface area contributed by atoms with E-state index < -0.39 is 26.9 Å². The number of piperazine rings is 1. The van der Waals surface area contributed by atoms with Gasteiger partial charge in [-0.2, -0.15) is 9.40 Å². The molecule has 1 saturated heterocycles. The number of esters is 1. The second kappa shape index (κ2) is 8.69. The maximum Gasteiger partial charge on any atom is 0.356 e. The van der Waals surface area contributed by atoms with Gasteiger partial charge in [0.2, 0.25) is 10.0 Å². The van der Waals surface area contributed by atoms with Crippen LogP contribution < -0.4 is 5.32 Å². The highest BCUT2D eigenvalue weighted by atomic mass is 32.2. The van der Waals surface area contributed by atoms with Crippen molar-refractivity contribution in [3.8, 4) is 0 Å². The number of non-ortho nitro benzene ring substituents is 1. The van der Waals surface area contributed by atoms with E-state index in [1.807, 2.05) is 0 Å². The van der Waals surface area contributed by atoms with Crippen LogP contribution in [0.4, 0.5) is 16.3 Å². The Morgan fingerprint density at radius 2 is 1.87 bits per heavy atom. The molecule has 1 aromatic heterocycles. The minimum Gasteiger partial charge on any atom is -0.464 e. The number of methoxy groups -OCH3 is 1. The van der Waals surface area contributed by atoms with Crippen LogP contribution in [0.1, 0.15) is 10.5 Å². The molecule has 0 spiro atoms. The van der Waals surface area contributed by atoms with Gasteiger partial charge in [-0.3, -0.25) is 20.1 Å². The number of nitro groups is 1. The summed E-state index contributed by atoms with van der Waals surface area (Å²) in [7, 11) is -1.18. The average Bonchev–Trinajstić information content (AvgIpc) is 3.13. The summed E-state index contributed by atoms with van der Waals surface area (Å²) in [5, 5.41) is 17.5. The number of nitro benzene ring substituents is 1. The van der Waals surface area contributed by atoms with E-state index in [4.69, 9.17) is 0 Å². The molecule has 0 saturated carbocycles. The molecular formula is C17H20N6O7S. The first kappa shape index (κ1) is 22.2. The molecule has 1 aliphatic heterocycles. The first-order valence-corrected chi connectivity index (χ1v) is 10.5. The number of anilines is 1. The molecule has 1 fully saturated rings. The van der Waals surface area contributed by atoms with Gasteiger partial charge in [0.05, 0.1) is 16.9 Å². The van der Waals surface area contributed by atoms with E-state index in [2.05, 4.69) is 15.2 Å². The van der Waals surface area contributed by atoms with Crippen LogP contribution in [-0.2, 0) is 21.8 Å². The van der Waals surface area contributed by atoms with E-state index in [-0.39, 0.29) is 48.3 Å². The molecule has 166 valence electrons. The number of benzene rings is 1. The standard InChI is InChI=1S/C17H20N6O7S/c1-20-14(16(24)30-2)11-15(19-20)18-17(25)21-6-8-22(9-7-21)31(28,29)13-5-3-4-12(10-13)23(26)27/h3-5,10-11H,6-9H2,1-2H3,(H,18,19,25). The number of rotatable bonds is 5. The van der Waals surface area contributed by atoms with Crippen LogP contribution in [0, 0.1) is 10.1 Å². The molecule has 3 rings (SSSR count). The molecule has 31 heavy (non-hydrogen) atoms. The summed E-state index contributed by atoms with van der Waals surface area (Å²) in [4.78, 5) is 35.6. The lowest BCUT2D eigenvalue weighted by atomic mass is 10.3. The van der Waals surface area contributed by atoms with Crippen LogP contribution in [0.3, 0.4) is 0 Å². The van der Waals surface area contributed by atoms with Crippen LogP contribution in [0.5, 0.6) is 0 Å². The number of hydrogen-bond acceptors (Lipinski definition) is 8. The molecule has 13 nitrogen and oxygen atoms in total. The van der Waals surface area contributed by atoms with Crippen molar-refractivity contribution in [2.45, 2.75) is 4.90 Å². The maximum atomic E-state index is 12.8. The molecule has 1 N–H and O–H groups in total. The van der Waals surface area contributed by atoms with Gasteiger partial charge < -0.3 is 9.64 Å². The van der Waals surface area contributed by atoms with Crippen molar-refractivity contribution in [1.29, 1.82) is 0 Å². The summed E-state index contributed by atoms with van der Waals surface area (Å²) in [6, 6.07) is 5.69. The van der Waals surface area contributed by atoms with Crippen molar-refractivity contribution < 1.29 is 27.7 Å². The van der Waals surface area contributed by atoms with Crippen LogP contribution >= 0.6 is 0 Å². The van der Waals surface area contributed by atoms with Crippen molar-refractivity contribution >= 4 is 33.5 Å². The number of nitrogens with zero attached hydrogens (tertiary/aromatic N) is 5. The Kier molecular flexibility index (Phi) is 6.21. The second-order valence-electron chi connectivity index (χ2n) is 6.61. The van der Waals surface area contributed by atoms with Gasteiger partial charge in [0, 0.05) is 51.4 Å². The van der Waals surface area contributed by atoms with Gasteiger partial charge in [0.1, 0.15) is 5.69 Å². The summed E-state index contributed by atoms with van der Waals surface area (Å²) < 4.78 is 32.7. The van der Waals surface area contributed by atoms with Gasteiger partial charge >= 0.3 is 12.0 Å². The number of aromatic nitrogens is 2. The number of nitrogens with one attached hydrogen (secondary N) is 1.